The molecule has 0 aliphatic carbocycles. The van der Waals surface area contributed by atoms with Gasteiger partial charge in [0.1, 0.15) is 5.88 Å². The van der Waals surface area contributed by atoms with Crippen molar-refractivity contribution in [2.75, 3.05) is 5.88 Å². The van der Waals surface area contributed by atoms with Gasteiger partial charge in [0, 0.05) is 17.8 Å². The number of amides is 1. The topological polar surface area (TPSA) is 44.9 Å². The number of aromatic nitrogens is 1. The minimum atomic E-state index is -0.146. The number of hydrogen-bond acceptors (Lipinski definition) is 1. The lowest BCUT2D eigenvalue weighted by molar-refractivity contribution is -0.118. The summed E-state index contributed by atoms with van der Waals surface area (Å²) in [6.07, 6.45) is 0. The molecule has 0 spiro atoms. The highest BCUT2D eigenvalue weighted by Gasteiger charge is 2.01. The van der Waals surface area contributed by atoms with Gasteiger partial charge in [-0.2, -0.15) is 0 Å². The van der Waals surface area contributed by atoms with Crippen LogP contribution in [0.1, 0.15) is 11.3 Å². The zero-order valence-corrected chi connectivity index (χ0v) is 9.77. The van der Waals surface area contributed by atoms with E-state index in [4.69, 9.17) is 11.6 Å². The van der Waals surface area contributed by atoms with Gasteiger partial charge in [-0.05, 0) is 36.1 Å². The van der Waals surface area contributed by atoms with Crippen molar-refractivity contribution in [3.8, 4) is 0 Å². The van der Waals surface area contributed by atoms with E-state index in [2.05, 4.69) is 22.4 Å². The van der Waals surface area contributed by atoms with Crippen molar-refractivity contribution in [1.82, 2.24) is 10.3 Å². The molecule has 0 saturated heterocycles. The summed E-state index contributed by atoms with van der Waals surface area (Å²) in [5.74, 6) is -0.141. The maximum atomic E-state index is 11.0. The van der Waals surface area contributed by atoms with Crippen LogP contribution in [0.5, 0.6) is 0 Å². The summed E-state index contributed by atoms with van der Waals surface area (Å²) in [5, 5.41) is 3.90. The van der Waals surface area contributed by atoms with Crippen LogP contribution < -0.4 is 5.32 Å². The van der Waals surface area contributed by atoms with E-state index in [9.17, 15) is 4.79 Å². The second-order valence-electron chi connectivity index (χ2n) is 3.78. The quantitative estimate of drug-likeness (QED) is 0.790. The molecule has 1 aromatic carbocycles. The summed E-state index contributed by atoms with van der Waals surface area (Å²) in [6.45, 7) is 2.54. The molecule has 0 fully saturated rings. The Balaban J connectivity index is 2.16. The summed E-state index contributed by atoms with van der Waals surface area (Å²) in [7, 11) is 0. The van der Waals surface area contributed by atoms with Crippen molar-refractivity contribution in [2.24, 2.45) is 0 Å². The van der Waals surface area contributed by atoms with Gasteiger partial charge in [0.05, 0.1) is 0 Å². The zero-order valence-electron chi connectivity index (χ0n) is 9.01. The Kier molecular flexibility index (Phi) is 3.15. The van der Waals surface area contributed by atoms with Crippen LogP contribution in [-0.4, -0.2) is 16.8 Å². The Bertz CT molecular complexity index is 519. The molecular formula is C12H13ClN2O. The molecule has 84 valence electrons. The number of aryl methyl sites for hydroxylation is 1. The fourth-order valence-corrected chi connectivity index (χ4v) is 1.78. The second kappa shape index (κ2) is 4.58. The highest BCUT2D eigenvalue weighted by Crippen LogP contribution is 2.16. The van der Waals surface area contributed by atoms with Gasteiger partial charge in [-0.3, -0.25) is 4.79 Å². The third kappa shape index (κ3) is 2.36. The number of fused-ring (bicyclic) bond motifs is 1. The average Bonchev–Trinajstić information content (AvgIpc) is 2.65. The number of hydrogen-bond donors (Lipinski definition) is 2. The maximum absolute atomic E-state index is 11.0. The van der Waals surface area contributed by atoms with Crippen molar-refractivity contribution >= 4 is 28.4 Å². The van der Waals surface area contributed by atoms with Gasteiger partial charge in [-0.1, -0.05) is 6.07 Å². The smallest absolute Gasteiger partial charge is 0.235 e. The molecule has 1 amide bonds. The Morgan fingerprint density at radius 2 is 2.25 bits per heavy atom. The number of aromatic amines is 1. The predicted molar refractivity (Wildman–Crippen MR) is 65.6 cm³/mol. The Morgan fingerprint density at radius 3 is 3.00 bits per heavy atom. The van der Waals surface area contributed by atoms with Crippen LogP contribution >= 0.6 is 11.6 Å². The lowest BCUT2D eigenvalue weighted by atomic mass is 10.1. The molecule has 0 aliphatic heterocycles. The van der Waals surface area contributed by atoms with Crippen molar-refractivity contribution in [3.63, 3.8) is 0 Å². The SMILES string of the molecule is Cc1cc2cc(CNC(=O)CCl)ccc2[nH]1. The number of nitrogens with one attached hydrogen (secondary N) is 2. The molecular weight excluding hydrogens is 224 g/mol. The van der Waals surface area contributed by atoms with Crippen molar-refractivity contribution in [1.29, 1.82) is 0 Å². The minimum Gasteiger partial charge on any atom is -0.359 e. The van der Waals surface area contributed by atoms with E-state index in [1.54, 1.807) is 0 Å². The van der Waals surface area contributed by atoms with Gasteiger partial charge in [0.25, 0.3) is 0 Å². The van der Waals surface area contributed by atoms with E-state index in [-0.39, 0.29) is 11.8 Å². The van der Waals surface area contributed by atoms with Gasteiger partial charge in [0.2, 0.25) is 5.91 Å². The minimum absolute atomic E-state index is 0.00546. The molecule has 2 rings (SSSR count). The fraction of sp³-hybridized carbons (Fsp3) is 0.250. The van der Waals surface area contributed by atoms with E-state index in [0.717, 1.165) is 22.2 Å². The number of rotatable bonds is 3. The van der Waals surface area contributed by atoms with E-state index < -0.39 is 0 Å². The van der Waals surface area contributed by atoms with Crippen LogP contribution in [0.3, 0.4) is 0 Å². The van der Waals surface area contributed by atoms with Crippen molar-refractivity contribution in [3.05, 3.63) is 35.5 Å². The van der Waals surface area contributed by atoms with E-state index in [0.29, 0.717) is 6.54 Å². The third-order valence-corrected chi connectivity index (χ3v) is 2.67. The lowest BCUT2D eigenvalue weighted by Gasteiger charge is -2.03. The van der Waals surface area contributed by atoms with Crippen LogP contribution in [0.4, 0.5) is 0 Å². The Labute approximate surface area is 98.8 Å². The number of carbonyl (C=O) groups excluding carboxylic acids is 1. The van der Waals surface area contributed by atoms with Crippen LogP contribution in [0, 0.1) is 6.92 Å². The van der Waals surface area contributed by atoms with E-state index in [1.807, 2.05) is 19.1 Å². The van der Waals surface area contributed by atoms with Crippen LogP contribution in [0.25, 0.3) is 10.9 Å². The first-order valence-electron chi connectivity index (χ1n) is 5.10. The lowest BCUT2D eigenvalue weighted by Crippen LogP contribution is -2.23. The van der Waals surface area contributed by atoms with Crippen LogP contribution in [0.15, 0.2) is 24.3 Å². The molecule has 0 saturated carbocycles. The second-order valence-corrected chi connectivity index (χ2v) is 4.05. The summed E-state index contributed by atoms with van der Waals surface area (Å²) in [5.41, 5.74) is 3.33. The highest BCUT2D eigenvalue weighted by molar-refractivity contribution is 6.27. The van der Waals surface area contributed by atoms with Gasteiger partial charge in [0.15, 0.2) is 0 Å². The third-order valence-electron chi connectivity index (χ3n) is 2.43. The average molecular weight is 237 g/mol. The summed E-state index contributed by atoms with van der Waals surface area (Å²) in [6, 6.07) is 8.16. The standard InChI is InChI=1S/C12H13ClN2O/c1-8-4-10-5-9(2-3-11(10)15-8)7-14-12(16)6-13/h2-5,15H,6-7H2,1H3,(H,14,16). The molecule has 0 atom stereocenters. The van der Waals surface area contributed by atoms with Gasteiger partial charge in [-0.15, -0.1) is 11.6 Å². The molecule has 0 radical (unpaired) electrons. The molecule has 0 aliphatic rings. The van der Waals surface area contributed by atoms with Gasteiger partial charge < -0.3 is 10.3 Å². The largest absolute Gasteiger partial charge is 0.359 e. The van der Waals surface area contributed by atoms with Crippen LogP contribution in [-0.2, 0) is 11.3 Å². The molecule has 3 nitrogen and oxygen atoms in total. The van der Waals surface area contributed by atoms with Crippen molar-refractivity contribution < 1.29 is 4.79 Å². The molecule has 2 N–H and O–H groups in total. The number of halogens is 1. The molecule has 16 heavy (non-hydrogen) atoms. The number of benzene rings is 1. The van der Waals surface area contributed by atoms with E-state index >= 15 is 0 Å². The highest BCUT2D eigenvalue weighted by atomic mass is 35.5. The first kappa shape index (κ1) is 11.0. The summed E-state index contributed by atoms with van der Waals surface area (Å²) in [4.78, 5) is 14.3. The molecule has 0 bridgehead atoms. The fourth-order valence-electron chi connectivity index (χ4n) is 1.69. The molecule has 1 aromatic heterocycles. The van der Waals surface area contributed by atoms with Gasteiger partial charge >= 0.3 is 0 Å². The predicted octanol–water partition coefficient (Wildman–Crippen LogP) is 2.33. The Hall–Kier alpha value is -1.48. The maximum Gasteiger partial charge on any atom is 0.235 e. The normalized spacial score (nSPS) is 10.6. The number of carbonyl (C=O) groups is 1. The van der Waals surface area contributed by atoms with E-state index in [1.165, 1.54) is 0 Å². The first-order valence-corrected chi connectivity index (χ1v) is 5.63. The van der Waals surface area contributed by atoms with Gasteiger partial charge in [-0.25, -0.2) is 0 Å². The van der Waals surface area contributed by atoms with Crippen LogP contribution in [0.2, 0.25) is 0 Å². The van der Waals surface area contributed by atoms with Crippen molar-refractivity contribution in [2.45, 2.75) is 13.5 Å². The molecule has 4 heteroatoms. The first-order chi connectivity index (χ1) is 7.69. The summed E-state index contributed by atoms with van der Waals surface area (Å²) < 4.78 is 0. The molecule has 2 aromatic rings. The monoisotopic (exact) mass is 236 g/mol. The Morgan fingerprint density at radius 1 is 1.44 bits per heavy atom. The zero-order chi connectivity index (χ0) is 11.5. The number of alkyl halides is 1. The molecule has 0 unspecified atom stereocenters. The molecule has 1 heterocycles. The summed E-state index contributed by atoms with van der Waals surface area (Å²) >= 11 is 5.40. The number of H-pyrrole nitrogens is 1.